The summed E-state index contributed by atoms with van der Waals surface area (Å²) in [5, 5.41) is 3.65. The van der Waals surface area contributed by atoms with Crippen LogP contribution in [0.1, 0.15) is 35.5 Å². The zero-order valence-corrected chi connectivity index (χ0v) is 11.7. The van der Waals surface area contributed by atoms with Crippen LogP contribution in [0, 0.1) is 13.8 Å². The number of amides is 1. The van der Waals surface area contributed by atoms with Gasteiger partial charge in [0.15, 0.2) is 0 Å². The topological polar surface area (TPSA) is 42.0 Å². The van der Waals surface area contributed by atoms with Crippen molar-refractivity contribution in [3.63, 3.8) is 0 Å². The second kappa shape index (κ2) is 6.15. The second-order valence-corrected chi connectivity index (χ2v) is 3.89. The Bertz CT molecular complexity index is 562. The molecule has 0 saturated carbocycles. The third-order valence-electron chi connectivity index (χ3n) is 2.63. The number of rotatable bonds is 1. The molecule has 0 aliphatic heterocycles. The Balaban J connectivity index is 0.000000771. The summed E-state index contributed by atoms with van der Waals surface area (Å²) in [6.45, 7) is 8.00. The normalized spacial score (nSPS) is 9.61. The van der Waals surface area contributed by atoms with E-state index in [0.29, 0.717) is 5.56 Å². The maximum absolute atomic E-state index is 11.5. The maximum atomic E-state index is 11.5. The molecule has 1 N–H and O–H groups in total. The average molecular weight is 244 g/mol. The number of benzene rings is 1. The molecule has 1 amide bonds. The Morgan fingerprint density at radius 2 is 1.83 bits per heavy atom. The molecule has 3 heteroatoms. The van der Waals surface area contributed by atoms with Gasteiger partial charge in [0, 0.05) is 23.7 Å². The number of carbonyl (C=O) groups excluding carboxylic acids is 1. The number of nitrogens with one attached hydrogen (secondary N) is 1. The van der Waals surface area contributed by atoms with E-state index in [1.165, 1.54) is 0 Å². The fourth-order valence-electron chi connectivity index (χ4n) is 1.85. The first-order chi connectivity index (χ1) is 8.61. The van der Waals surface area contributed by atoms with Crippen molar-refractivity contribution >= 4 is 16.8 Å². The molecule has 18 heavy (non-hydrogen) atoms. The highest BCUT2D eigenvalue weighted by Crippen LogP contribution is 2.19. The molecule has 0 radical (unpaired) electrons. The molecule has 0 aliphatic rings. The first-order valence-corrected chi connectivity index (χ1v) is 6.22. The summed E-state index contributed by atoms with van der Waals surface area (Å²) >= 11 is 0. The molecule has 3 nitrogen and oxygen atoms in total. The number of hydrogen-bond donors (Lipinski definition) is 1. The molecular formula is C15H20N2O. The highest BCUT2D eigenvalue weighted by molar-refractivity contribution is 5.98. The van der Waals surface area contributed by atoms with Crippen LogP contribution < -0.4 is 5.32 Å². The highest BCUT2D eigenvalue weighted by atomic mass is 16.1. The lowest BCUT2D eigenvalue weighted by molar-refractivity contribution is 0.0963. The van der Waals surface area contributed by atoms with Gasteiger partial charge in [-0.1, -0.05) is 13.8 Å². The predicted octanol–water partition coefficient (Wildman–Crippen LogP) is 3.24. The highest BCUT2D eigenvalue weighted by Gasteiger charge is 2.06. The van der Waals surface area contributed by atoms with Gasteiger partial charge in [0.1, 0.15) is 0 Å². The van der Waals surface area contributed by atoms with E-state index in [2.05, 4.69) is 10.3 Å². The molecule has 0 atom stereocenters. The molecule has 1 aromatic heterocycles. The average Bonchev–Trinajstić information content (AvgIpc) is 2.39. The molecule has 2 rings (SSSR count). The lowest BCUT2D eigenvalue weighted by Crippen LogP contribution is -2.17. The third kappa shape index (κ3) is 2.86. The van der Waals surface area contributed by atoms with Crippen LogP contribution in [-0.2, 0) is 0 Å². The molecule has 1 aromatic carbocycles. The molecule has 2 aromatic rings. The van der Waals surface area contributed by atoms with E-state index in [4.69, 9.17) is 0 Å². The summed E-state index contributed by atoms with van der Waals surface area (Å²) in [6, 6.07) is 7.60. The minimum absolute atomic E-state index is 0.0677. The van der Waals surface area contributed by atoms with Crippen molar-refractivity contribution in [2.75, 3.05) is 7.05 Å². The SMILES string of the molecule is CC.CNC(=O)c1ccc2nc(C)cc(C)c2c1. The number of aryl methyl sites for hydroxylation is 2. The van der Waals surface area contributed by atoms with Gasteiger partial charge in [-0.2, -0.15) is 0 Å². The lowest BCUT2D eigenvalue weighted by atomic mass is 10.1. The summed E-state index contributed by atoms with van der Waals surface area (Å²) in [7, 11) is 1.63. The van der Waals surface area contributed by atoms with Crippen molar-refractivity contribution in [2.24, 2.45) is 0 Å². The van der Waals surface area contributed by atoms with E-state index in [1.54, 1.807) is 13.1 Å². The Labute approximate surface area is 108 Å². The first kappa shape index (κ1) is 14.2. The molecule has 0 bridgehead atoms. The molecule has 0 fully saturated rings. The van der Waals surface area contributed by atoms with Gasteiger partial charge in [-0.25, -0.2) is 0 Å². The number of aromatic nitrogens is 1. The van der Waals surface area contributed by atoms with Crippen molar-refractivity contribution in [1.29, 1.82) is 0 Å². The Morgan fingerprint density at radius 1 is 1.17 bits per heavy atom. The first-order valence-electron chi connectivity index (χ1n) is 6.22. The van der Waals surface area contributed by atoms with Crippen molar-refractivity contribution in [2.45, 2.75) is 27.7 Å². The zero-order chi connectivity index (χ0) is 13.7. The predicted molar refractivity (Wildman–Crippen MR) is 76.0 cm³/mol. The molecule has 0 saturated heterocycles. The molecule has 0 aliphatic carbocycles. The van der Waals surface area contributed by atoms with Gasteiger partial charge < -0.3 is 5.32 Å². The van der Waals surface area contributed by atoms with Crippen LogP contribution in [0.3, 0.4) is 0 Å². The van der Waals surface area contributed by atoms with Crippen LogP contribution in [0.15, 0.2) is 24.3 Å². The van der Waals surface area contributed by atoms with Crippen LogP contribution in [0.5, 0.6) is 0 Å². The number of pyridine rings is 1. The largest absolute Gasteiger partial charge is 0.355 e. The van der Waals surface area contributed by atoms with E-state index >= 15 is 0 Å². The molecular weight excluding hydrogens is 224 g/mol. The van der Waals surface area contributed by atoms with Crippen molar-refractivity contribution in [3.05, 3.63) is 41.1 Å². The second-order valence-electron chi connectivity index (χ2n) is 3.89. The van der Waals surface area contributed by atoms with Gasteiger partial charge in [0.2, 0.25) is 0 Å². The van der Waals surface area contributed by atoms with Gasteiger partial charge in [0.05, 0.1) is 5.52 Å². The van der Waals surface area contributed by atoms with E-state index in [-0.39, 0.29) is 5.91 Å². The van der Waals surface area contributed by atoms with E-state index in [9.17, 15) is 4.79 Å². The third-order valence-corrected chi connectivity index (χ3v) is 2.63. The van der Waals surface area contributed by atoms with Gasteiger partial charge in [-0.3, -0.25) is 9.78 Å². The van der Waals surface area contributed by atoms with Crippen LogP contribution in [0.25, 0.3) is 10.9 Å². The lowest BCUT2D eigenvalue weighted by Gasteiger charge is -2.05. The number of carbonyl (C=O) groups is 1. The van der Waals surface area contributed by atoms with E-state index in [1.807, 2.05) is 45.9 Å². The minimum atomic E-state index is -0.0677. The van der Waals surface area contributed by atoms with Crippen molar-refractivity contribution in [1.82, 2.24) is 10.3 Å². The summed E-state index contributed by atoms with van der Waals surface area (Å²) in [5.74, 6) is -0.0677. The van der Waals surface area contributed by atoms with E-state index < -0.39 is 0 Å². The van der Waals surface area contributed by atoms with Crippen molar-refractivity contribution in [3.8, 4) is 0 Å². The summed E-state index contributed by atoms with van der Waals surface area (Å²) < 4.78 is 0. The summed E-state index contributed by atoms with van der Waals surface area (Å²) in [6.07, 6.45) is 0. The minimum Gasteiger partial charge on any atom is -0.355 e. The Morgan fingerprint density at radius 3 is 2.44 bits per heavy atom. The summed E-state index contributed by atoms with van der Waals surface area (Å²) in [4.78, 5) is 15.9. The Hall–Kier alpha value is -1.90. The molecule has 0 unspecified atom stereocenters. The monoisotopic (exact) mass is 244 g/mol. The van der Waals surface area contributed by atoms with Gasteiger partial charge in [0.25, 0.3) is 5.91 Å². The van der Waals surface area contributed by atoms with Gasteiger partial charge in [-0.15, -0.1) is 0 Å². The van der Waals surface area contributed by atoms with Crippen LogP contribution in [-0.4, -0.2) is 17.9 Å². The number of hydrogen-bond acceptors (Lipinski definition) is 2. The molecule has 1 heterocycles. The fourth-order valence-corrected chi connectivity index (χ4v) is 1.85. The summed E-state index contributed by atoms with van der Waals surface area (Å²) in [5.41, 5.74) is 3.75. The van der Waals surface area contributed by atoms with E-state index in [0.717, 1.165) is 22.2 Å². The quantitative estimate of drug-likeness (QED) is 0.836. The van der Waals surface area contributed by atoms with Crippen LogP contribution in [0.2, 0.25) is 0 Å². The van der Waals surface area contributed by atoms with Gasteiger partial charge in [-0.05, 0) is 43.7 Å². The van der Waals surface area contributed by atoms with Gasteiger partial charge >= 0.3 is 0 Å². The standard InChI is InChI=1S/C13H14N2O.C2H6/c1-8-6-9(2)15-12-5-4-10(7-11(8)12)13(16)14-3;1-2/h4-7H,1-3H3,(H,14,16);1-2H3. The molecule has 0 spiro atoms. The number of nitrogens with zero attached hydrogens (tertiary/aromatic N) is 1. The smallest absolute Gasteiger partial charge is 0.251 e. The maximum Gasteiger partial charge on any atom is 0.251 e. The number of fused-ring (bicyclic) bond motifs is 1. The fraction of sp³-hybridized carbons (Fsp3) is 0.333. The molecule has 96 valence electrons. The Kier molecular flexibility index (Phi) is 4.84. The van der Waals surface area contributed by atoms with Crippen LogP contribution >= 0.6 is 0 Å². The zero-order valence-electron chi connectivity index (χ0n) is 11.7. The van der Waals surface area contributed by atoms with Crippen molar-refractivity contribution < 1.29 is 4.79 Å². The van der Waals surface area contributed by atoms with Crippen LogP contribution in [0.4, 0.5) is 0 Å².